The molecule has 0 unspecified atom stereocenters. The molecule has 0 fully saturated rings. The molecule has 8 heteroatoms. The van der Waals surface area contributed by atoms with Gasteiger partial charge in [-0.1, -0.05) is 0 Å². The Labute approximate surface area is 150 Å². The minimum Gasteiger partial charge on any atom is -0.503 e. The molecular formula is C18H21NO7. The SMILES string of the molecule is COc1ccc(Cn2c(OC)c(OC)c(O)c(C(C)=O)c2=O)c(OC)c1. The van der Waals surface area contributed by atoms with Gasteiger partial charge in [-0.25, -0.2) is 0 Å². The summed E-state index contributed by atoms with van der Waals surface area (Å²) in [5.41, 5.74) is -0.406. The van der Waals surface area contributed by atoms with E-state index in [1.165, 1.54) is 39.9 Å². The number of benzene rings is 1. The quantitative estimate of drug-likeness (QED) is 0.750. The summed E-state index contributed by atoms with van der Waals surface area (Å²) in [5, 5.41) is 10.2. The molecule has 1 N–H and O–H groups in total. The molecule has 0 bridgehead atoms. The number of ether oxygens (including phenoxy) is 4. The highest BCUT2D eigenvalue weighted by atomic mass is 16.5. The molecular weight excluding hydrogens is 342 g/mol. The van der Waals surface area contributed by atoms with Crippen LogP contribution in [0.2, 0.25) is 0 Å². The van der Waals surface area contributed by atoms with E-state index in [4.69, 9.17) is 18.9 Å². The fraction of sp³-hybridized carbons (Fsp3) is 0.333. The Hall–Kier alpha value is -3.16. The van der Waals surface area contributed by atoms with Crippen LogP contribution in [0.4, 0.5) is 0 Å². The van der Waals surface area contributed by atoms with Crippen LogP contribution in [0.15, 0.2) is 23.0 Å². The lowest BCUT2D eigenvalue weighted by Gasteiger charge is -2.19. The number of pyridine rings is 1. The number of Topliss-reactive ketones (excluding diaryl/α,β-unsaturated/α-hetero) is 1. The van der Waals surface area contributed by atoms with Crippen molar-refractivity contribution in [1.29, 1.82) is 0 Å². The number of nitrogens with zero attached hydrogens (tertiary/aromatic N) is 1. The van der Waals surface area contributed by atoms with E-state index in [0.717, 1.165) is 0 Å². The zero-order valence-electron chi connectivity index (χ0n) is 15.3. The molecule has 0 spiro atoms. The van der Waals surface area contributed by atoms with Crippen LogP contribution in [0.1, 0.15) is 22.8 Å². The van der Waals surface area contributed by atoms with Gasteiger partial charge in [0.2, 0.25) is 11.6 Å². The number of rotatable bonds is 7. The van der Waals surface area contributed by atoms with E-state index in [2.05, 4.69) is 0 Å². The molecule has 0 atom stereocenters. The summed E-state index contributed by atoms with van der Waals surface area (Å²) in [6.45, 7) is 1.23. The zero-order valence-corrected chi connectivity index (χ0v) is 15.3. The molecule has 8 nitrogen and oxygen atoms in total. The lowest BCUT2D eigenvalue weighted by atomic mass is 10.1. The number of ketones is 1. The van der Waals surface area contributed by atoms with Crippen molar-refractivity contribution in [3.63, 3.8) is 0 Å². The topological polar surface area (TPSA) is 96.2 Å². The average molecular weight is 363 g/mol. The Morgan fingerprint density at radius 3 is 2.27 bits per heavy atom. The van der Waals surface area contributed by atoms with Crippen molar-refractivity contribution in [2.75, 3.05) is 28.4 Å². The number of aromatic hydroxyl groups is 1. The van der Waals surface area contributed by atoms with Gasteiger partial charge >= 0.3 is 0 Å². The maximum Gasteiger partial charge on any atom is 0.268 e. The van der Waals surface area contributed by atoms with Gasteiger partial charge in [0.1, 0.15) is 17.1 Å². The molecule has 0 saturated heterocycles. The predicted octanol–water partition coefficient (Wildman–Crippen LogP) is 1.84. The van der Waals surface area contributed by atoms with Crippen LogP contribution in [-0.2, 0) is 6.54 Å². The molecule has 1 aromatic carbocycles. The molecule has 1 aromatic heterocycles. The Morgan fingerprint density at radius 1 is 1.08 bits per heavy atom. The largest absolute Gasteiger partial charge is 0.503 e. The third-order valence-corrected chi connectivity index (χ3v) is 3.92. The maximum absolute atomic E-state index is 12.8. The second-order valence-corrected chi connectivity index (χ2v) is 5.39. The maximum atomic E-state index is 12.8. The third kappa shape index (κ3) is 3.30. The van der Waals surface area contributed by atoms with E-state index in [9.17, 15) is 14.7 Å². The third-order valence-electron chi connectivity index (χ3n) is 3.92. The van der Waals surface area contributed by atoms with E-state index >= 15 is 0 Å². The van der Waals surface area contributed by atoms with Crippen molar-refractivity contribution in [2.45, 2.75) is 13.5 Å². The van der Waals surface area contributed by atoms with Crippen LogP contribution in [0.3, 0.4) is 0 Å². The molecule has 0 radical (unpaired) electrons. The number of carbonyl (C=O) groups is 1. The van der Waals surface area contributed by atoms with Crippen molar-refractivity contribution in [1.82, 2.24) is 4.57 Å². The van der Waals surface area contributed by atoms with E-state index in [-0.39, 0.29) is 23.7 Å². The highest BCUT2D eigenvalue weighted by Crippen LogP contribution is 2.38. The van der Waals surface area contributed by atoms with Gasteiger partial charge in [-0.3, -0.25) is 14.2 Å². The van der Waals surface area contributed by atoms with Crippen LogP contribution >= 0.6 is 0 Å². The van der Waals surface area contributed by atoms with Crippen molar-refractivity contribution < 1.29 is 28.8 Å². The Balaban J connectivity index is 2.72. The fourth-order valence-corrected chi connectivity index (χ4v) is 2.67. The molecule has 2 rings (SSSR count). The molecule has 26 heavy (non-hydrogen) atoms. The van der Waals surface area contributed by atoms with E-state index in [1.54, 1.807) is 18.2 Å². The van der Waals surface area contributed by atoms with Crippen LogP contribution in [0, 0.1) is 0 Å². The van der Waals surface area contributed by atoms with Crippen molar-refractivity contribution in [3.05, 3.63) is 39.7 Å². The van der Waals surface area contributed by atoms with Crippen LogP contribution < -0.4 is 24.5 Å². The molecule has 0 aliphatic heterocycles. The first-order chi connectivity index (χ1) is 12.4. The first kappa shape index (κ1) is 19.2. The van der Waals surface area contributed by atoms with Crippen LogP contribution in [0.5, 0.6) is 28.9 Å². The fourth-order valence-electron chi connectivity index (χ4n) is 2.67. The standard InChI is InChI=1S/C18H21NO7/c1-10(20)14-15(21)16(25-4)18(26-5)19(17(14)22)9-11-6-7-12(23-2)8-13(11)24-3/h6-8,21H,9H2,1-5H3. The monoisotopic (exact) mass is 363 g/mol. The van der Waals surface area contributed by atoms with Gasteiger partial charge in [0.05, 0.1) is 35.0 Å². The molecule has 0 amide bonds. The lowest BCUT2D eigenvalue weighted by molar-refractivity contribution is 0.101. The molecule has 0 aliphatic carbocycles. The van der Waals surface area contributed by atoms with Gasteiger partial charge in [-0.15, -0.1) is 0 Å². The molecule has 0 aliphatic rings. The molecule has 0 saturated carbocycles. The number of hydrogen-bond donors (Lipinski definition) is 1. The van der Waals surface area contributed by atoms with Gasteiger partial charge in [-0.2, -0.15) is 0 Å². The summed E-state index contributed by atoms with van der Waals surface area (Å²) < 4.78 is 22.1. The zero-order chi connectivity index (χ0) is 19.4. The molecule has 1 heterocycles. The summed E-state index contributed by atoms with van der Waals surface area (Å²) >= 11 is 0. The minimum atomic E-state index is -0.689. The van der Waals surface area contributed by atoms with Crippen LogP contribution in [0.25, 0.3) is 0 Å². The smallest absolute Gasteiger partial charge is 0.268 e. The van der Waals surface area contributed by atoms with Crippen molar-refractivity contribution >= 4 is 5.78 Å². The van der Waals surface area contributed by atoms with E-state index < -0.39 is 17.1 Å². The summed E-state index contributed by atoms with van der Waals surface area (Å²) in [7, 11) is 5.68. The van der Waals surface area contributed by atoms with Crippen molar-refractivity contribution in [2.24, 2.45) is 0 Å². The van der Waals surface area contributed by atoms with Crippen molar-refractivity contribution in [3.8, 4) is 28.9 Å². The number of hydrogen-bond acceptors (Lipinski definition) is 7. The van der Waals surface area contributed by atoms with Gasteiger partial charge in [0.15, 0.2) is 11.5 Å². The minimum absolute atomic E-state index is 0.00197. The lowest BCUT2D eigenvalue weighted by Crippen LogP contribution is -2.28. The Kier molecular flexibility index (Phi) is 5.76. The Morgan fingerprint density at radius 2 is 1.77 bits per heavy atom. The van der Waals surface area contributed by atoms with Gasteiger partial charge < -0.3 is 24.1 Å². The van der Waals surface area contributed by atoms with Gasteiger partial charge in [0.25, 0.3) is 5.56 Å². The number of carbonyl (C=O) groups excluding carboxylic acids is 1. The summed E-state index contributed by atoms with van der Waals surface area (Å²) in [5.74, 6) is -0.126. The highest BCUT2D eigenvalue weighted by molar-refractivity contribution is 5.97. The second kappa shape index (κ2) is 7.81. The number of methoxy groups -OCH3 is 4. The summed E-state index contributed by atoms with van der Waals surface area (Å²) in [6.07, 6.45) is 0. The second-order valence-electron chi connectivity index (χ2n) is 5.39. The number of aromatic nitrogens is 1. The molecule has 140 valence electrons. The first-order valence-corrected chi connectivity index (χ1v) is 7.69. The van der Waals surface area contributed by atoms with Gasteiger partial charge in [-0.05, 0) is 19.1 Å². The van der Waals surface area contributed by atoms with Gasteiger partial charge in [0, 0.05) is 11.6 Å². The van der Waals surface area contributed by atoms with E-state index in [0.29, 0.717) is 17.1 Å². The highest BCUT2D eigenvalue weighted by Gasteiger charge is 2.26. The first-order valence-electron chi connectivity index (χ1n) is 7.69. The average Bonchev–Trinajstić information content (AvgIpc) is 2.63. The Bertz CT molecular complexity index is 886. The molecule has 2 aromatic rings. The normalized spacial score (nSPS) is 10.3. The van der Waals surface area contributed by atoms with E-state index in [1.807, 2.05) is 0 Å². The predicted molar refractivity (Wildman–Crippen MR) is 94.1 cm³/mol. The summed E-state index contributed by atoms with van der Waals surface area (Å²) in [4.78, 5) is 24.6. The summed E-state index contributed by atoms with van der Waals surface area (Å²) in [6, 6.07) is 5.13. The van der Waals surface area contributed by atoms with Crippen LogP contribution in [-0.4, -0.2) is 43.9 Å².